The number of aliphatic hydroxyl groups excluding tert-OH is 1. The Hall–Kier alpha value is -3.19. The Morgan fingerprint density at radius 3 is 2.58 bits per heavy atom. The highest BCUT2D eigenvalue weighted by Crippen LogP contribution is 2.21. The number of rotatable bonds is 7. The number of amides is 2. The average Bonchev–Trinajstić information content (AvgIpc) is 2.89. The summed E-state index contributed by atoms with van der Waals surface area (Å²) in [6, 6.07) is 13.0. The van der Waals surface area contributed by atoms with Crippen LogP contribution in [-0.4, -0.2) is 35.0 Å². The lowest BCUT2D eigenvalue weighted by Gasteiger charge is -2.13. The van der Waals surface area contributed by atoms with Crippen molar-refractivity contribution in [2.45, 2.75) is 6.61 Å². The monoisotopic (exact) mass is 356 g/mol. The van der Waals surface area contributed by atoms with Gasteiger partial charge in [-0.3, -0.25) is 14.5 Å². The zero-order chi connectivity index (χ0) is 18.5. The first-order valence-corrected chi connectivity index (χ1v) is 7.99. The van der Waals surface area contributed by atoms with Crippen molar-refractivity contribution in [3.05, 3.63) is 71.7 Å². The van der Waals surface area contributed by atoms with Crippen molar-refractivity contribution in [3.63, 3.8) is 0 Å². The highest BCUT2D eigenvalue weighted by molar-refractivity contribution is 6.17. The van der Waals surface area contributed by atoms with Crippen LogP contribution in [0.25, 0.3) is 0 Å². The van der Waals surface area contributed by atoms with Crippen LogP contribution in [0.5, 0.6) is 5.75 Å². The van der Waals surface area contributed by atoms with Gasteiger partial charge in [-0.25, -0.2) is 4.39 Å². The van der Waals surface area contributed by atoms with Crippen molar-refractivity contribution >= 4 is 17.5 Å². The van der Waals surface area contributed by atoms with Crippen LogP contribution < -0.4 is 10.1 Å². The molecule has 2 amide bonds. The van der Waals surface area contributed by atoms with E-state index in [1.165, 1.54) is 18.2 Å². The second kappa shape index (κ2) is 7.79. The Balaban J connectivity index is 1.59. The molecule has 0 fully saturated rings. The molecule has 2 aromatic carbocycles. The predicted molar refractivity (Wildman–Crippen MR) is 92.7 cm³/mol. The van der Waals surface area contributed by atoms with Gasteiger partial charge in [0.25, 0.3) is 11.8 Å². The van der Waals surface area contributed by atoms with Crippen molar-refractivity contribution < 1.29 is 23.8 Å². The Morgan fingerprint density at radius 2 is 1.88 bits per heavy atom. The predicted octanol–water partition coefficient (Wildman–Crippen LogP) is 2.06. The zero-order valence-electron chi connectivity index (χ0n) is 13.8. The number of aliphatic hydroxyl groups is 1. The van der Waals surface area contributed by atoms with Crippen LogP contribution in [0.3, 0.4) is 0 Å². The molecular weight excluding hydrogens is 339 g/mol. The molecule has 2 aromatic rings. The number of β-amino-alcohol motifs (C(OH)–C–C–N with tert-alkyl or cyclic N) is 1. The van der Waals surface area contributed by atoms with E-state index in [9.17, 15) is 14.0 Å². The van der Waals surface area contributed by atoms with Gasteiger partial charge in [0, 0.05) is 11.8 Å². The fraction of sp³-hybridized carbons (Fsp3) is 0.158. The van der Waals surface area contributed by atoms with Gasteiger partial charge in [-0.2, -0.15) is 0 Å². The minimum atomic E-state index is -0.476. The van der Waals surface area contributed by atoms with Gasteiger partial charge >= 0.3 is 0 Å². The number of benzene rings is 2. The number of carbonyl (C=O) groups is 2. The molecule has 3 rings (SSSR count). The molecule has 0 spiro atoms. The SMILES string of the molecule is O=C1C=C(Nc2ccc(OCc3cccc(F)c3)cc2)C(=O)N1CCO. The van der Waals surface area contributed by atoms with Gasteiger partial charge in [0.2, 0.25) is 0 Å². The van der Waals surface area contributed by atoms with E-state index >= 15 is 0 Å². The van der Waals surface area contributed by atoms with Gasteiger partial charge < -0.3 is 15.2 Å². The van der Waals surface area contributed by atoms with Crippen LogP contribution in [0, 0.1) is 5.82 Å². The third-order valence-corrected chi connectivity index (χ3v) is 3.76. The van der Waals surface area contributed by atoms with E-state index in [-0.39, 0.29) is 31.3 Å². The minimum absolute atomic E-state index is 0.0355. The number of nitrogens with one attached hydrogen (secondary N) is 1. The normalized spacial score (nSPS) is 13.8. The summed E-state index contributed by atoms with van der Waals surface area (Å²) in [5.41, 5.74) is 1.48. The Kier molecular flexibility index (Phi) is 5.28. The fourth-order valence-corrected chi connectivity index (χ4v) is 2.49. The lowest BCUT2D eigenvalue weighted by atomic mass is 10.2. The molecule has 1 heterocycles. The molecule has 6 nitrogen and oxygen atoms in total. The van der Waals surface area contributed by atoms with Crippen LogP contribution >= 0.6 is 0 Å². The summed E-state index contributed by atoms with van der Waals surface area (Å²) in [6.45, 7) is -0.0824. The number of hydrogen-bond acceptors (Lipinski definition) is 5. The first kappa shape index (κ1) is 17.6. The van der Waals surface area contributed by atoms with Gasteiger partial charge in [-0.1, -0.05) is 12.1 Å². The Bertz CT molecular complexity index is 849. The van der Waals surface area contributed by atoms with Crippen LogP contribution in [0.4, 0.5) is 10.1 Å². The molecular formula is C19H17FN2O4. The van der Waals surface area contributed by atoms with Crippen LogP contribution in [0.15, 0.2) is 60.3 Å². The van der Waals surface area contributed by atoms with Gasteiger partial charge in [-0.15, -0.1) is 0 Å². The smallest absolute Gasteiger partial charge is 0.277 e. The van der Waals surface area contributed by atoms with Crippen molar-refractivity contribution in [2.24, 2.45) is 0 Å². The van der Waals surface area contributed by atoms with E-state index in [2.05, 4.69) is 5.32 Å². The minimum Gasteiger partial charge on any atom is -0.489 e. The number of nitrogens with zero attached hydrogens (tertiary/aromatic N) is 1. The summed E-state index contributed by atoms with van der Waals surface area (Å²) in [5.74, 6) is -0.661. The third kappa shape index (κ3) is 4.07. The van der Waals surface area contributed by atoms with Crippen molar-refractivity contribution in [1.29, 1.82) is 0 Å². The summed E-state index contributed by atoms with van der Waals surface area (Å²) in [4.78, 5) is 24.7. The molecule has 134 valence electrons. The molecule has 7 heteroatoms. The zero-order valence-corrected chi connectivity index (χ0v) is 13.8. The maximum Gasteiger partial charge on any atom is 0.277 e. The molecule has 0 saturated heterocycles. The second-order valence-corrected chi connectivity index (χ2v) is 5.64. The van der Waals surface area contributed by atoms with E-state index in [1.54, 1.807) is 36.4 Å². The van der Waals surface area contributed by atoms with Gasteiger partial charge in [-0.05, 0) is 42.0 Å². The van der Waals surface area contributed by atoms with E-state index < -0.39 is 11.8 Å². The molecule has 0 bridgehead atoms. The fourth-order valence-electron chi connectivity index (χ4n) is 2.49. The first-order chi connectivity index (χ1) is 12.6. The van der Waals surface area contributed by atoms with E-state index in [1.807, 2.05) is 0 Å². The Labute approximate surface area is 149 Å². The number of ether oxygens (including phenoxy) is 1. The van der Waals surface area contributed by atoms with Gasteiger partial charge in [0.1, 0.15) is 23.9 Å². The number of carbonyl (C=O) groups excluding carboxylic acids is 2. The summed E-state index contributed by atoms with van der Waals surface area (Å²) in [7, 11) is 0. The van der Waals surface area contributed by atoms with Gasteiger partial charge in [0.05, 0.1) is 13.2 Å². The highest BCUT2D eigenvalue weighted by Gasteiger charge is 2.30. The molecule has 1 aliphatic heterocycles. The molecule has 0 unspecified atom stereocenters. The van der Waals surface area contributed by atoms with Gasteiger partial charge in [0.15, 0.2) is 0 Å². The van der Waals surface area contributed by atoms with Crippen LogP contribution in [-0.2, 0) is 16.2 Å². The maximum absolute atomic E-state index is 13.1. The third-order valence-electron chi connectivity index (χ3n) is 3.76. The topological polar surface area (TPSA) is 78.9 Å². The van der Waals surface area contributed by atoms with Crippen molar-refractivity contribution in [1.82, 2.24) is 4.90 Å². The summed E-state index contributed by atoms with van der Waals surface area (Å²) in [5, 5.41) is 11.8. The largest absolute Gasteiger partial charge is 0.489 e. The molecule has 0 radical (unpaired) electrons. The molecule has 2 N–H and O–H groups in total. The van der Waals surface area contributed by atoms with E-state index in [0.717, 1.165) is 10.5 Å². The quantitative estimate of drug-likeness (QED) is 0.743. The number of hydrogen-bond donors (Lipinski definition) is 2. The molecule has 1 aliphatic rings. The maximum atomic E-state index is 13.1. The van der Waals surface area contributed by atoms with E-state index in [4.69, 9.17) is 9.84 Å². The average molecular weight is 356 g/mol. The first-order valence-electron chi connectivity index (χ1n) is 7.99. The lowest BCUT2D eigenvalue weighted by molar-refractivity contribution is -0.137. The molecule has 0 aliphatic carbocycles. The second-order valence-electron chi connectivity index (χ2n) is 5.64. The molecule has 0 saturated carbocycles. The Morgan fingerprint density at radius 1 is 1.12 bits per heavy atom. The summed E-state index contributed by atoms with van der Waals surface area (Å²) in [6.07, 6.45) is 1.20. The number of halogens is 1. The van der Waals surface area contributed by atoms with Crippen LogP contribution in [0.1, 0.15) is 5.56 Å². The van der Waals surface area contributed by atoms with Crippen LogP contribution in [0.2, 0.25) is 0 Å². The molecule has 0 aromatic heterocycles. The summed E-state index contributed by atoms with van der Waals surface area (Å²) >= 11 is 0. The molecule has 0 atom stereocenters. The van der Waals surface area contributed by atoms with E-state index in [0.29, 0.717) is 11.4 Å². The lowest BCUT2D eigenvalue weighted by Crippen LogP contribution is -2.34. The highest BCUT2D eigenvalue weighted by atomic mass is 19.1. The standard InChI is InChI=1S/C19H17FN2O4/c20-14-3-1-2-13(10-14)12-26-16-6-4-15(5-7-16)21-17-11-18(24)22(8-9-23)19(17)25/h1-7,10-11,21,23H,8-9,12H2. The summed E-state index contributed by atoms with van der Waals surface area (Å²) < 4.78 is 18.7. The molecule has 26 heavy (non-hydrogen) atoms. The van der Waals surface area contributed by atoms with Crippen molar-refractivity contribution in [2.75, 3.05) is 18.5 Å². The number of anilines is 1. The van der Waals surface area contributed by atoms with Crippen molar-refractivity contribution in [3.8, 4) is 5.75 Å². The number of imide groups is 1.